The number of thioether (sulfide) groups is 2. The maximum Gasteiger partial charge on any atom is 0.410 e. The number of aliphatic hydroxyl groups is 1. The van der Waals surface area contributed by atoms with E-state index in [4.69, 9.17) is 4.74 Å². The monoisotopic (exact) mass is 647 g/mol. The van der Waals surface area contributed by atoms with Crippen molar-refractivity contribution >= 4 is 53.1 Å². The van der Waals surface area contributed by atoms with Gasteiger partial charge in [0.2, 0.25) is 5.91 Å². The number of ether oxygens (including phenoxy) is 1. The lowest BCUT2D eigenvalue weighted by molar-refractivity contribution is -0.384. The molecule has 2 saturated heterocycles. The maximum absolute atomic E-state index is 13.5. The van der Waals surface area contributed by atoms with Crippen molar-refractivity contribution in [1.29, 1.82) is 5.26 Å². The van der Waals surface area contributed by atoms with Gasteiger partial charge in [0.1, 0.15) is 17.6 Å². The molecule has 3 amide bonds. The lowest BCUT2D eigenvalue weighted by Crippen LogP contribution is -2.63. The second-order valence-corrected chi connectivity index (χ2v) is 13.6. The van der Waals surface area contributed by atoms with Gasteiger partial charge in [0, 0.05) is 41.8 Å². The highest BCUT2D eigenvalue weighted by molar-refractivity contribution is 8.03. The Morgan fingerprint density at radius 3 is 2.50 bits per heavy atom. The Bertz CT molecular complexity index is 1410. The summed E-state index contributed by atoms with van der Waals surface area (Å²) in [6.07, 6.45) is 0.412. The SMILES string of the molecule is CCSC(C(=O)N(C)C#N)[C@@H]1C[C@H](SC2=C(C(=O)O)N3C(=O)[C@H]([C@@H](C)O)[C@H]3[C@H]2C)CN1C(=O)OCc1ccc([N+](=O)[O-])cc1. The number of hydrogen-bond donors (Lipinski definition) is 2. The normalized spacial score (nSPS) is 25.5. The van der Waals surface area contributed by atoms with E-state index in [0.717, 1.165) is 4.90 Å². The zero-order valence-electron chi connectivity index (χ0n) is 24.5. The van der Waals surface area contributed by atoms with Crippen LogP contribution in [0.2, 0.25) is 0 Å². The maximum atomic E-state index is 13.5. The molecule has 0 aliphatic carbocycles. The molecule has 4 rings (SSSR count). The van der Waals surface area contributed by atoms with Gasteiger partial charge >= 0.3 is 12.1 Å². The van der Waals surface area contributed by atoms with Crippen molar-refractivity contribution < 1.29 is 39.1 Å². The largest absolute Gasteiger partial charge is 0.477 e. The van der Waals surface area contributed by atoms with E-state index in [9.17, 15) is 44.8 Å². The van der Waals surface area contributed by atoms with E-state index < -0.39 is 58.2 Å². The molecule has 2 fully saturated rings. The second-order valence-electron chi connectivity index (χ2n) is 10.8. The zero-order valence-corrected chi connectivity index (χ0v) is 26.1. The van der Waals surface area contributed by atoms with Crippen LogP contribution in [0.1, 0.15) is 32.8 Å². The minimum absolute atomic E-state index is 0.0975. The first-order chi connectivity index (χ1) is 20.8. The van der Waals surface area contributed by atoms with E-state index >= 15 is 0 Å². The summed E-state index contributed by atoms with van der Waals surface area (Å²) in [7, 11) is 1.34. The molecule has 0 aromatic heterocycles. The number of fused-ring (bicyclic) bond motifs is 1. The van der Waals surface area contributed by atoms with Crippen LogP contribution in [0.4, 0.5) is 10.5 Å². The summed E-state index contributed by atoms with van der Waals surface area (Å²) < 4.78 is 5.56. The van der Waals surface area contributed by atoms with Gasteiger partial charge in [-0.05, 0) is 36.8 Å². The predicted octanol–water partition coefficient (Wildman–Crippen LogP) is 2.62. The molecule has 1 unspecified atom stereocenters. The quantitative estimate of drug-likeness (QED) is 0.117. The Hall–Kier alpha value is -3.81. The molecule has 2 N–H and O–H groups in total. The number of carboxylic acid groups (broad SMARTS) is 1. The van der Waals surface area contributed by atoms with Crippen molar-refractivity contribution in [3.8, 4) is 6.19 Å². The van der Waals surface area contributed by atoms with Crippen LogP contribution in [-0.4, -0.2) is 102 Å². The number of aliphatic carboxylic acids is 1. The smallest absolute Gasteiger partial charge is 0.410 e. The number of β-lactam (4-membered cyclic amide) rings is 1. The van der Waals surface area contributed by atoms with Crippen LogP contribution >= 0.6 is 23.5 Å². The van der Waals surface area contributed by atoms with Gasteiger partial charge in [0.25, 0.3) is 11.6 Å². The Kier molecular flexibility index (Phi) is 10.1. The van der Waals surface area contributed by atoms with Gasteiger partial charge < -0.3 is 24.7 Å². The van der Waals surface area contributed by atoms with Gasteiger partial charge in [-0.3, -0.25) is 24.6 Å². The van der Waals surface area contributed by atoms with Crippen molar-refractivity contribution in [1.82, 2.24) is 14.7 Å². The number of nitro benzene ring substituents is 1. The Labute approximate surface area is 262 Å². The summed E-state index contributed by atoms with van der Waals surface area (Å²) in [6.45, 7) is 5.07. The molecule has 1 aromatic carbocycles. The van der Waals surface area contributed by atoms with Crippen LogP contribution in [0.25, 0.3) is 0 Å². The van der Waals surface area contributed by atoms with Crippen molar-refractivity contribution in [2.24, 2.45) is 11.8 Å². The first kappa shape index (κ1) is 33.1. The van der Waals surface area contributed by atoms with Crippen LogP contribution < -0.4 is 0 Å². The summed E-state index contributed by atoms with van der Waals surface area (Å²) in [4.78, 5) is 66.2. The van der Waals surface area contributed by atoms with Crippen LogP contribution in [0, 0.1) is 33.4 Å². The summed E-state index contributed by atoms with van der Waals surface area (Å²) in [5, 5.41) is 39.4. The third-order valence-electron chi connectivity index (χ3n) is 8.07. The van der Waals surface area contributed by atoms with Gasteiger partial charge in [-0.15, -0.1) is 23.5 Å². The number of hydrogen-bond acceptors (Lipinski definition) is 11. The van der Waals surface area contributed by atoms with E-state index in [1.165, 1.54) is 71.6 Å². The average Bonchev–Trinajstić information content (AvgIpc) is 3.50. The minimum Gasteiger partial charge on any atom is -0.477 e. The number of nitrogens with zero attached hydrogens (tertiary/aromatic N) is 5. The summed E-state index contributed by atoms with van der Waals surface area (Å²) >= 11 is 2.52. The van der Waals surface area contributed by atoms with Crippen molar-refractivity contribution in [3.05, 3.63) is 50.5 Å². The fraction of sp³-hybridized carbons (Fsp3) is 0.536. The standard InChI is InChI=1S/C28H33N5O9S2/c1-5-43-24(26(36)30(4)13-29)19-10-18(11-31(19)28(39)42-12-16-6-8-17(9-7-16)33(40)41)44-23-14(2)21-20(15(3)34)25(35)32(21)22(23)27(37)38/h6-9,14-15,18-21,24,34H,5,10-12H2,1-4H3,(H,37,38)/t14-,15-,18+,19+,20-,21-,24?/m1/s1. The first-order valence-corrected chi connectivity index (χ1v) is 15.9. The second kappa shape index (κ2) is 13.4. The molecule has 0 bridgehead atoms. The van der Waals surface area contributed by atoms with Gasteiger partial charge in [0.05, 0.1) is 29.0 Å². The molecule has 14 nitrogen and oxygen atoms in total. The Balaban J connectivity index is 1.60. The van der Waals surface area contributed by atoms with Gasteiger partial charge in [0.15, 0.2) is 6.19 Å². The summed E-state index contributed by atoms with van der Waals surface area (Å²) in [5.41, 5.74) is 0.273. The molecule has 236 valence electrons. The molecule has 3 heterocycles. The van der Waals surface area contributed by atoms with Crippen molar-refractivity contribution in [3.63, 3.8) is 0 Å². The van der Waals surface area contributed by atoms with Crippen molar-refractivity contribution in [2.75, 3.05) is 19.3 Å². The number of carbonyl (C=O) groups is 4. The lowest BCUT2D eigenvalue weighted by atomic mass is 9.79. The van der Waals surface area contributed by atoms with Crippen LogP contribution in [0.5, 0.6) is 0 Å². The highest BCUT2D eigenvalue weighted by Gasteiger charge is 2.60. The fourth-order valence-electron chi connectivity index (χ4n) is 5.98. The summed E-state index contributed by atoms with van der Waals surface area (Å²) in [6, 6.07) is 4.35. The number of nitriles is 1. The van der Waals surface area contributed by atoms with E-state index in [1.807, 2.05) is 20.0 Å². The molecule has 0 radical (unpaired) electrons. The minimum atomic E-state index is -1.27. The molecule has 44 heavy (non-hydrogen) atoms. The Morgan fingerprint density at radius 1 is 1.30 bits per heavy atom. The van der Waals surface area contributed by atoms with Crippen molar-refractivity contribution in [2.45, 2.75) is 62.5 Å². The molecule has 1 aromatic rings. The zero-order chi connectivity index (χ0) is 32.5. The number of rotatable bonds is 11. The molecule has 3 aliphatic rings. The van der Waals surface area contributed by atoms with E-state index in [0.29, 0.717) is 16.2 Å². The number of amides is 3. The molecule has 16 heteroatoms. The number of carboxylic acids is 1. The molecular formula is C28H33N5O9S2. The molecule has 0 saturated carbocycles. The third kappa shape index (κ3) is 6.21. The highest BCUT2D eigenvalue weighted by Crippen LogP contribution is 2.52. The van der Waals surface area contributed by atoms with Crippen LogP contribution in [0.3, 0.4) is 0 Å². The van der Waals surface area contributed by atoms with E-state index in [-0.39, 0.29) is 42.1 Å². The van der Waals surface area contributed by atoms with E-state index in [1.54, 1.807) is 0 Å². The predicted molar refractivity (Wildman–Crippen MR) is 160 cm³/mol. The van der Waals surface area contributed by atoms with Crippen LogP contribution in [-0.2, 0) is 25.7 Å². The van der Waals surface area contributed by atoms with Crippen LogP contribution in [0.15, 0.2) is 34.9 Å². The van der Waals surface area contributed by atoms with Gasteiger partial charge in [-0.1, -0.05) is 13.8 Å². The van der Waals surface area contributed by atoms with Gasteiger partial charge in [-0.2, -0.15) is 5.26 Å². The number of carbonyl (C=O) groups excluding carboxylic acids is 3. The van der Waals surface area contributed by atoms with E-state index in [2.05, 4.69) is 0 Å². The fourth-order valence-corrected chi connectivity index (χ4v) is 8.65. The molecule has 0 spiro atoms. The topological polar surface area (TPSA) is 195 Å². The summed E-state index contributed by atoms with van der Waals surface area (Å²) in [5.74, 6) is -2.78. The number of non-ortho nitro benzene ring substituents is 1. The Morgan fingerprint density at radius 2 is 1.95 bits per heavy atom. The van der Waals surface area contributed by atoms with Gasteiger partial charge in [-0.25, -0.2) is 9.59 Å². The number of nitro groups is 1. The number of likely N-dealkylation sites (tertiary alicyclic amines) is 1. The highest BCUT2D eigenvalue weighted by atomic mass is 32.2. The molecule has 3 aliphatic heterocycles. The lowest BCUT2D eigenvalue weighted by Gasteiger charge is -2.46. The first-order valence-electron chi connectivity index (χ1n) is 13.9. The average molecular weight is 648 g/mol. The third-order valence-corrected chi connectivity index (χ3v) is 10.8. The molecular weight excluding hydrogens is 614 g/mol. The number of benzene rings is 1. The number of aliphatic hydroxyl groups excluding tert-OH is 1. The molecule has 7 atom stereocenters.